The van der Waals surface area contributed by atoms with E-state index < -0.39 is 0 Å². The Morgan fingerprint density at radius 3 is 2.37 bits per heavy atom. The Bertz CT molecular complexity index is 429. The summed E-state index contributed by atoms with van der Waals surface area (Å²) < 4.78 is 11.4. The lowest BCUT2D eigenvalue weighted by Gasteiger charge is -2.29. The van der Waals surface area contributed by atoms with Gasteiger partial charge < -0.3 is 14.8 Å². The standard InChI is InChI=1S/C16H25NO2/c1-5-18-15-8-12-7-13(11(3)4)10-17-14(12)9-16(15)19-6-2/h8-9,11,13,17H,5-7,10H2,1-4H3. The Labute approximate surface area is 116 Å². The first-order valence-corrected chi connectivity index (χ1v) is 7.32. The average Bonchev–Trinajstić information content (AvgIpc) is 2.39. The molecular weight excluding hydrogens is 238 g/mol. The minimum atomic E-state index is 0.660. The van der Waals surface area contributed by atoms with Crippen LogP contribution in [0.5, 0.6) is 11.5 Å². The molecule has 0 fully saturated rings. The second kappa shape index (κ2) is 6.18. The molecule has 0 saturated heterocycles. The highest BCUT2D eigenvalue weighted by Gasteiger charge is 2.23. The lowest BCUT2D eigenvalue weighted by molar-refractivity contribution is 0.287. The van der Waals surface area contributed by atoms with Crippen LogP contribution in [0.15, 0.2) is 12.1 Å². The van der Waals surface area contributed by atoms with Gasteiger partial charge in [0.05, 0.1) is 13.2 Å². The zero-order chi connectivity index (χ0) is 13.8. The van der Waals surface area contributed by atoms with Crippen molar-refractivity contribution in [1.82, 2.24) is 0 Å². The van der Waals surface area contributed by atoms with E-state index in [-0.39, 0.29) is 0 Å². The smallest absolute Gasteiger partial charge is 0.163 e. The molecule has 3 nitrogen and oxygen atoms in total. The van der Waals surface area contributed by atoms with Gasteiger partial charge in [-0.15, -0.1) is 0 Å². The summed E-state index contributed by atoms with van der Waals surface area (Å²) in [4.78, 5) is 0. The summed E-state index contributed by atoms with van der Waals surface area (Å²) in [6, 6.07) is 4.23. The Morgan fingerprint density at radius 1 is 1.16 bits per heavy atom. The summed E-state index contributed by atoms with van der Waals surface area (Å²) in [5.41, 5.74) is 2.54. The highest BCUT2D eigenvalue weighted by molar-refractivity contribution is 5.62. The van der Waals surface area contributed by atoms with Crippen LogP contribution in [0.2, 0.25) is 0 Å². The summed E-state index contributed by atoms with van der Waals surface area (Å²) >= 11 is 0. The van der Waals surface area contributed by atoms with Crippen LogP contribution >= 0.6 is 0 Å². The molecule has 3 heteroatoms. The number of benzene rings is 1. The maximum atomic E-state index is 5.70. The Balaban J connectivity index is 2.29. The molecule has 0 amide bonds. The molecule has 0 saturated carbocycles. The van der Waals surface area contributed by atoms with Crippen LogP contribution in [0.1, 0.15) is 33.3 Å². The van der Waals surface area contributed by atoms with Crippen molar-refractivity contribution in [3.8, 4) is 11.5 Å². The van der Waals surface area contributed by atoms with Crippen molar-refractivity contribution >= 4 is 5.69 Å². The topological polar surface area (TPSA) is 30.5 Å². The fraction of sp³-hybridized carbons (Fsp3) is 0.625. The SMILES string of the molecule is CCOc1cc2c(cc1OCC)NCC(C(C)C)C2. The zero-order valence-electron chi connectivity index (χ0n) is 12.5. The number of nitrogens with one attached hydrogen (secondary N) is 1. The molecule has 1 unspecified atom stereocenters. The molecule has 1 aliphatic heterocycles. The predicted molar refractivity (Wildman–Crippen MR) is 79.3 cm³/mol. The maximum Gasteiger partial charge on any atom is 0.163 e. The molecule has 106 valence electrons. The van der Waals surface area contributed by atoms with E-state index in [0.717, 1.165) is 24.5 Å². The quantitative estimate of drug-likeness (QED) is 0.878. The van der Waals surface area contributed by atoms with E-state index >= 15 is 0 Å². The fourth-order valence-electron chi connectivity index (χ4n) is 2.54. The maximum absolute atomic E-state index is 5.70. The number of hydrogen-bond acceptors (Lipinski definition) is 3. The Morgan fingerprint density at radius 2 is 1.79 bits per heavy atom. The van der Waals surface area contributed by atoms with E-state index in [0.29, 0.717) is 25.0 Å². The minimum absolute atomic E-state index is 0.660. The van der Waals surface area contributed by atoms with Crippen molar-refractivity contribution in [2.24, 2.45) is 11.8 Å². The molecule has 1 aromatic carbocycles. The van der Waals surface area contributed by atoms with Gasteiger partial charge in [-0.05, 0) is 43.7 Å². The molecule has 0 aliphatic carbocycles. The van der Waals surface area contributed by atoms with Crippen molar-refractivity contribution in [2.45, 2.75) is 34.1 Å². The summed E-state index contributed by atoms with van der Waals surface area (Å²) in [5.74, 6) is 3.11. The van der Waals surface area contributed by atoms with Gasteiger partial charge in [-0.1, -0.05) is 13.8 Å². The molecule has 19 heavy (non-hydrogen) atoms. The molecule has 0 spiro atoms. The first kappa shape index (κ1) is 14.0. The summed E-state index contributed by atoms with van der Waals surface area (Å²) in [7, 11) is 0. The molecule has 1 aromatic rings. The van der Waals surface area contributed by atoms with Crippen LogP contribution in [-0.4, -0.2) is 19.8 Å². The molecule has 1 N–H and O–H groups in total. The van der Waals surface area contributed by atoms with Gasteiger partial charge in [0.25, 0.3) is 0 Å². The van der Waals surface area contributed by atoms with Crippen LogP contribution in [0, 0.1) is 11.8 Å². The fourth-order valence-corrected chi connectivity index (χ4v) is 2.54. The second-order valence-electron chi connectivity index (χ2n) is 5.41. The Hall–Kier alpha value is -1.38. The zero-order valence-corrected chi connectivity index (χ0v) is 12.5. The van der Waals surface area contributed by atoms with E-state index in [1.165, 1.54) is 11.3 Å². The summed E-state index contributed by atoms with van der Waals surface area (Å²) in [6.07, 6.45) is 1.12. The van der Waals surface area contributed by atoms with Crippen LogP contribution < -0.4 is 14.8 Å². The van der Waals surface area contributed by atoms with Gasteiger partial charge >= 0.3 is 0 Å². The third-order valence-corrected chi connectivity index (χ3v) is 3.75. The lowest BCUT2D eigenvalue weighted by atomic mass is 9.86. The van der Waals surface area contributed by atoms with E-state index in [2.05, 4.69) is 31.3 Å². The predicted octanol–water partition coefficient (Wildman–Crippen LogP) is 3.72. The number of fused-ring (bicyclic) bond motifs is 1. The van der Waals surface area contributed by atoms with Crippen LogP contribution in [0.4, 0.5) is 5.69 Å². The van der Waals surface area contributed by atoms with Crippen molar-refractivity contribution in [1.29, 1.82) is 0 Å². The highest BCUT2D eigenvalue weighted by atomic mass is 16.5. The number of ether oxygens (including phenoxy) is 2. The van der Waals surface area contributed by atoms with Gasteiger partial charge in [0, 0.05) is 18.3 Å². The van der Waals surface area contributed by atoms with E-state index in [1.807, 2.05) is 13.8 Å². The van der Waals surface area contributed by atoms with Gasteiger partial charge in [-0.2, -0.15) is 0 Å². The molecule has 1 aliphatic rings. The minimum Gasteiger partial charge on any atom is -0.490 e. The molecule has 2 rings (SSSR count). The third kappa shape index (κ3) is 3.14. The Kier molecular flexibility index (Phi) is 4.56. The van der Waals surface area contributed by atoms with E-state index in [4.69, 9.17) is 9.47 Å². The van der Waals surface area contributed by atoms with Gasteiger partial charge in [-0.3, -0.25) is 0 Å². The van der Waals surface area contributed by atoms with Gasteiger partial charge in [0.2, 0.25) is 0 Å². The molecule has 0 bridgehead atoms. The molecule has 1 atom stereocenters. The van der Waals surface area contributed by atoms with Gasteiger partial charge in [0.1, 0.15) is 0 Å². The number of anilines is 1. The largest absolute Gasteiger partial charge is 0.490 e. The molecule has 0 radical (unpaired) electrons. The number of rotatable bonds is 5. The van der Waals surface area contributed by atoms with Crippen LogP contribution in [-0.2, 0) is 6.42 Å². The van der Waals surface area contributed by atoms with Crippen molar-refractivity contribution in [2.75, 3.05) is 25.1 Å². The van der Waals surface area contributed by atoms with Crippen molar-refractivity contribution < 1.29 is 9.47 Å². The molecule has 0 aromatic heterocycles. The van der Waals surface area contributed by atoms with Crippen molar-refractivity contribution in [3.05, 3.63) is 17.7 Å². The van der Waals surface area contributed by atoms with Gasteiger partial charge in [0.15, 0.2) is 11.5 Å². The normalized spacial score (nSPS) is 17.8. The molecular formula is C16H25NO2. The van der Waals surface area contributed by atoms with Crippen molar-refractivity contribution in [3.63, 3.8) is 0 Å². The lowest BCUT2D eigenvalue weighted by Crippen LogP contribution is -2.27. The average molecular weight is 263 g/mol. The monoisotopic (exact) mass is 263 g/mol. The number of hydrogen-bond donors (Lipinski definition) is 1. The third-order valence-electron chi connectivity index (χ3n) is 3.75. The second-order valence-corrected chi connectivity index (χ2v) is 5.41. The van der Waals surface area contributed by atoms with E-state index in [9.17, 15) is 0 Å². The highest BCUT2D eigenvalue weighted by Crippen LogP contribution is 2.38. The first-order valence-electron chi connectivity index (χ1n) is 7.32. The van der Waals surface area contributed by atoms with Crippen LogP contribution in [0.3, 0.4) is 0 Å². The summed E-state index contributed by atoms with van der Waals surface area (Å²) in [5, 5.41) is 3.53. The molecule has 1 heterocycles. The first-order chi connectivity index (χ1) is 9.15. The van der Waals surface area contributed by atoms with Gasteiger partial charge in [-0.25, -0.2) is 0 Å². The van der Waals surface area contributed by atoms with Crippen LogP contribution in [0.25, 0.3) is 0 Å². The summed E-state index contributed by atoms with van der Waals surface area (Å²) in [6.45, 7) is 10.9. The van der Waals surface area contributed by atoms with E-state index in [1.54, 1.807) is 0 Å².